The van der Waals surface area contributed by atoms with Crippen molar-refractivity contribution >= 4 is 17.2 Å². The van der Waals surface area contributed by atoms with Gasteiger partial charge in [-0.05, 0) is 25.5 Å². The third-order valence-corrected chi connectivity index (χ3v) is 2.58. The molecule has 0 aliphatic rings. The zero-order valence-corrected chi connectivity index (χ0v) is 6.79. The van der Waals surface area contributed by atoms with Crippen LogP contribution in [0.1, 0.15) is 20.1 Å². The molecule has 0 unspecified atom stereocenters. The van der Waals surface area contributed by atoms with E-state index < -0.39 is 0 Å². The number of hydrogen-bond acceptors (Lipinski definition) is 2. The van der Waals surface area contributed by atoms with Gasteiger partial charge in [0, 0.05) is 4.88 Å². The van der Waals surface area contributed by atoms with Crippen molar-refractivity contribution in [3.63, 3.8) is 0 Å². The van der Waals surface area contributed by atoms with E-state index in [1.807, 2.05) is 19.9 Å². The molecule has 54 valence electrons. The van der Waals surface area contributed by atoms with Crippen molar-refractivity contribution in [2.45, 2.75) is 13.8 Å². The predicted molar refractivity (Wildman–Crippen MR) is 42.3 cm³/mol. The number of amides is 1. The third kappa shape index (κ3) is 1.19. The molecule has 2 nitrogen and oxygen atoms in total. The van der Waals surface area contributed by atoms with Gasteiger partial charge in [0.1, 0.15) is 0 Å². The van der Waals surface area contributed by atoms with E-state index in [2.05, 4.69) is 0 Å². The molecule has 0 radical (unpaired) electrons. The fourth-order valence-electron chi connectivity index (χ4n) is 0.695. The lowest BCUT2D eigenvalue weighted by atomic mass is 10.3. The van der Waals surface area contributed by atoms with Gasteiger partial charge in [-0.25, -0.2) is 0 Å². The van der Waals surface area contributed by atoms with Gasteiger partial charge >= 0.3 is 0 Å². The van der Waals surface area contributed by atoms with Crippen molar-refractivity contribution in [2.75, 3.05) is 0 Å². The number of aryl methyl sites for hydroxylation is 2. The number of nitrogens with two attached hydrogens (primary N) is 1. The SMILES string of the molecule is Cc1cc(C(N)=O)sc1C. The molecule has 0 atom stereocenters. The van der Waals surface area contributed by atoms with Crippen LogP contribution >= 0.6 is 11.3 Å². The van der Waals surface area contributed by atoms with Crippen molar-refractivity contribution in [2.24, 2.45) is 5.73 Å². The van der Waals surface area contributed by atoms with Crippen molar-refractivity contribution in [1.82, 2.24) is 0 Å². The van der Waals surface area contributed by atoms with Crippen LogP contribution in [0.4, 0.5) is 0 Å². The summed E-state index contributed by atoms with van der Waals surface area (Å²) in [4.78, 5) is 12.4. The van der Waals surface area contributed by atoms with Gasteiger partial charge in [-0.15, -0.1) is 11.3 Å². The molecule has 0 aromatic carbocycles. The first kappa shape index (κ1) is 7.28. The summed E-state index contributed by atoms with van der Waals surface area (Å²) in [6, 6.07) is 1.82. The van der Waals surface area contributed by atoms with E-state index in [4.69, 9.17) is 5.73 Å². The Kier molecular flexibility index (Phi) is 1.76. The first-order chi connectivity index (χ1) is 4.61. The van der Waals surface area contributed by atoms with Crippen LogP contribution in [0.2, 0.25) is 0 Å². The lowest BCUT2D eigenvalue weighted by Gasteiger charge is -1.81. The number of carbonyl (C=O) groups is 1. The lowest BCUT2D eigenvalue weighted by Crippen LogP contribution is -2.08. The van der Waals surface area contributed by atoms with E-state index in [0.29, 0.717) is 4.88 Å². The van der Waals surface area contributed by atoms with E-state index in [1.165, 1.54) is 11.3 Å². The Morgan fingerprint density at radius 2 is 2.20 bits per heavy atom. The highest BCUT2D eigenvalue weighted by atomic mass is 32.1. The summed E-state index contributed by atoms with van der Waals surface area (Å²) in [5, 5.41) is 0. The minimum absolute atomic E-state index is 0.332. The lowest BCUT2D eigenvalue weighted by molar-refractivity contribution is 0.100. The molecule has 1 rings (SSSR count). The van der Waals surface area contributed by atoms with Crippen LogP contribution in [0.15, 0.2) is 6.07 Å². The summed E-state index contributed by atoms with van der Waals surface area (Å²) in [5.74, 6) is -0.332. The van der Waals surface area contributed by atoms with Gasteiger partial charge in [-0.1, -0.05) is 0 Å². The van der Waals surface area contributed by atoms with E-state index in [9.17, 15) is 4.79 Å². The molecule has 10 heavy (non-hydrogen) atoms. The van der Waals surface area contributed by atoms with Crippen LogP contribution in [0.25, 0.3) is 0 Å². The largest absolute Gasteiger partial charge is 0.365 e. The second-order valence-corrected chi connectivity index (χ2v) is 3.47. The Balaban J connectivity index is 3.10. The molecule has 0 bridgehead atoms. The Morgan fingerprint density at radius 3 is 2.40 bits per heavy atom. The first-order valence-corrected chi connectivity index (χ1v) is 3.79. The smallest absolute Gasteiger partial charge is 0.258 e. The summed E-state index contributed by atoms with van der Waals surface area (Å²) < 4.78 is 0. The number of primary amides is 1. The molecule has 1 heterocycles. The monoisotopic (exact) mass is 155 g/mol. The van der Waals surface area contributed by atoms with Crippen LogP contribution in [-0.2, 0) is 0 Å². The standard InChI is InChI=1S/C7H9NOS/c1-4-3-6(7(8)9)10-5(4)2/h3H,1-2H3,(H2,8,9). The zero-order chi connectivity index (χ0) is 7.72. The number of carbonyl (C=O) groups excluding carboxylic acids is 1. The van der Waals surface area contributed by atoms with E-state index in [1.54, 1.807) is 0 Å². The van der Waals surface area contributed by atoms with E-state index >= 15 is 0 Å². The molecule has 3 heteroatoms. The van der Waals surface area contributed by atoms with Gasteiger partial charge in [0.05, 0.1) is 4.88 Å². The Morgan fingerprint density at radius 1 is 1.60 bits per heavy atom. The molecule has 0 saturated carbocycles. The van der Waals surface area contributed by atoms with Crippen LogP contribution in [0, 0.1) is 13.8 Å². The normalized spacial score (nSPS) is 9.80. The molecular weight excluding hydrogens is 146 g/mol. The molecular formula is C7H9NOS. The Labute approximate surface area is 63.7 Å². The maximum absolute atomic E-state index is 10.6. The second kappa shape index (κ2) is 2.42. The topological polar surface area (TPSA) is 43.1 Å². The fraction of sp³-hybridized carbons (Fsp3) is 0.286. The highest BCUT2D eigenvalue weighted by Crippen LogP contribution is 2.19. The molecule has 2 N–H and O–H groups in total. The van der Waals surface area contributed by atoms with Gasteiger partial charge in [-0.2, -0.15) is 0 Å². The molecule has 1 amide bonds. The summed E-state index contributed by atoms with van der Waals surface area (Å²) in [7, 11) is 0. The van der Waals surface area contributed by atoms with Gasteiger partial charge in [-0.3, -0.25) is 4.79 Å². The highest BCUT2D eigenvalue weighted by Gasteiger charge is 2.04. The number of rotatable bonds is 1. The second-order valence-electron chi connectivity index (χ2n) is 2.21. The molecule has 0 aliphatic carbocycles. The predicted octanol–water partition coefficient (Wildman–Crippen LogP) is 1.46. The van der Waals surface area contributed by atoms with Gasteiger partial charge in [0.15, 0.2) is 0 Å². The molecule has 1 aromatic heterocycles. The molecule has 0 saturated heterocycles. The zero-order valence-electron chi connectivity index (χ0n) is 5.97. The van der Waals surface area contributed by atoms with E-state index in [-0.39, 0.29) is 5.91 Å². The maximum atomic E-state index is 10.6. The van der Waals surface area contributed by atoms with Crippen molar-refractivity contribution < 1.29 is 4.79 Å². The van der Waals surface area contributed by atoms with Crippen LogP contribution in [0.5, 0.6) is 0 Å². The number of hydrogen-bond donors (Lipinski definition) is 1. The third-order valence-electron chi connectivity index (χ3n) is 1.41. The quantitative estimate of drug-likeness (QED) is 0.655. The van der Waals surface area contributed by atoms with Crippen molar-refractivity contribution in [1.29, 1.82) is 0 Å². The van der Waals surface area contributed by atoms with Crippen molar-refractivity contribution in [3.8, 4) is 0 Å². The average molecular weight is 155 g/mol. The van der Waals surface area contributed by atoms with Gasteiger partial charge in [0.25, 0.3) is 5.91 Å². The maximum Gasteiger partial charge on any atom is 0.258 e. The summed E-state index contributed by atoms with van der Waals surface area (Å²) in [5.41, 5.74) is 6.21. The minimum Gasteiger partial charge on any atom is -0.365 e. The molecule has 0 fully saturated rings. The number of thiophene rings is 1. The molecule has 0 spiro atoms. The van der Waals surface area contributed by atoms with Crippen molar-refractivity contribution in [3.05, 3.63) is 21.4 Å². The van der Waals surface area contributed by atoms with E-state index in [0.717, 1.165) is 10.4 Å². The summed E-state index contributed by atoms with van der Waals surface area (Å²) in [6.07, 6.45) is 0. The van der Waals surface area contributed by atoms with Gasteiger partial charge < -0.3 is 5.73 Å². The van der Waals surface area contributed by atoms with Gasteiger partial charge in [0.2, 0.25) is 0 Å². The van der Waals surface area contributed by atoms with Crippen LogP contribution in [0.3, 0.4) is 0 Å². The van der Waals surface area contributed by atoms with Crippen LogP contribution < -0.4 is 5.73 Å². The first-order valence-electron chi connectivity index (χ1n) is 2.98. The summed E-state index contributed by atoms with van der Waals surface area (Å²) >= 11 is 1.45. The Bertz CT molecular complexity index is 245. The average Bonchev–Trinajstić information content (AvgIpc) is 2.13. The molecule has 0 aliphatic heterocycles. The fourth-order valence-corrected chi connectivity index (χ4v) is 1.58. The Hall–Kier alpha value is -0.830. The highest BCUT2D eigenvalue weighted by molar-refractivity contribution is 7.14. The van der Waals surface area contributed by atoms with Crippen LogP contribution in [-0.4, -0.2) is 5.91 Å². The molecule has 1 aromatic rings. The summed E-state index contributed by atoms with van der Waals surface area (Å²) in [6.45, 7) is 3.95. The minimum atomic E-state index is -0.332.